The third kappa shape index (κ3) is 4.25. The van der Waals surface area contributed by atoms with E-state index in [2.05, 4.69) is 5.32 Å². The molecule has 0 bridgehead atoms. The van der Waals surface area contributed by atoms with Crippen LogP contribution < -0.4 is 10.1 Å². The first-order chi connectivity index (χ1) is 10.4. The number of benzene rings is 1. The van der Waals surface area contributed by atoms with Gasteiger partial charge in [-0.05, 0) is 25.1 Å². The molecule has 0 unspecified atom stereocenters. The zero-order valence-electron chi connectivity index (χ0n) is 12.0. The first kappa shape index (κ1) is 16.9. The lowest BCUT2D eigenvalue weighted by molar-refractivity contribution is 0.0564. The molecule has 2 rings (SSSR count). The van der Waals surface area contributed by atoms with E-state index in [9.17, 15) is 13.2 Å². The molecule has 9 heteroatoms. The van der Waals surface area contributed by atoms with Gasteiger partial charge >= 0.3 is 6.03 Å². The minimum atomic E-state index is -3.89. The Hall–Kier alpha value is -1.51. The Labute approximate surface area is 133 Å². The molecule has 0 spiro atoms. The summed E-state index contributed by atoms with van der Waals surface area (Å²) in [7, 11) is 1.45. The van der Waals surface area contributed by atoms with Crippen LogP contribution in [0, 0.1) is 0 Å². The summed E-state index contributed by atoms with van der Waals surface area (Å²) in [6.07, 6.45) is 0. The Morgan fingerprint density at radius 3 is 2.68 bits per heavy atom. The second kappa shape index (κ2) is 7.17. The van der Waals surface area contributed by atoms with E-state index in [0.717, 1.165) is 0 Å². The van der Waals surface area contributed by atoms with Gasteiger partial charge in [0.05, 0.1) is 30.4 Å². The first-order valence-electron chi connectivity index (χ1n) is 6.77. The fraction of sp³-hybridized carbons (Fsp3) is 0.462. The van der Waals surface area contributed by atoms with E-state index in [4.69, 9.17) is 20.2 Å². The molecule has 1 aliphatic rings. The molecule has 1 N–H and O–H groups in total. The van der Waals surface area contributed by atoms with Gasteiger partial charge in [0, 0.05) is 23.8 Å². The number of rotatable bonds is 4. The Balaban J connectivity index is 2.24. The normalized spacial score (nSPS) is 15.5. The molecular weight excluding hydrogens is 332 g/mol. The van der Waals surface area contributed by atoms with Crippen LogP contribution in [0.3, 0.4) is 0 Å². The zero-order valence-corrected chi connectivity index (χ0v) is 13.6. The SMILES string of the molecule is CCOc1ccc(S(=O)(=O)Cl)cc1NC(=O)N1CCOCC1. The van der Waals surface area contributed by atoms with Crippen LogP contribution in [0.25, 0.3) is 0 Å². The van der Waals surface area contributed by atoms with E-state index >= 15 is 0 Å². The molecule has 1 fully saturated rings. The molecule has 0 saturated carbocycles. The fourth-order valence-electron chi connectivity index (χ4n) is 2.00. The predicted molar refractivity (Wildman–Crippen MR) is 82.1 cm³/mol. The first-order valence-corrected chi connectivity index (χ1v) is 9.08. The molecule has 0 atom stereocenters. The van der Waals surface area contributed by atoms with Crippen molar-refractivity contribution in [1.29, 1.82) is 0 Å². The predicted octanol–water partition coefficient (Wildman–Crippen LogP) is 1.88. The lowest BCUT2D eigenvalue weighted by atomic mass is 10.3. The van der Waals surface area contributed by atoms with Crippen molar-refractivity contribution >= 4 is 31.5 Å². The molecule has 1 heterocycles. The van der Waals surface area contributed by atoms with Crippen molar-refractivity contribution in [2.45, 2.75) is 11.8 Å². The largest absolute Gasteiger partial charge is 0.492 e. The Morgan fingerprint density at radius 2 is 2.09 bits per heavy atom. The van der Waals surface area contributed by atoms with Crippen LogP contribution in [-0.4, -0.2) is 52.3 Å². The summed E-state index contributed by atoms with van der Waals surface area (Å²) in [6.45, 7) is 4.07. The molecule has 1 aromatic rings. The van der Waals surface area contributed by atoms with Gasteiger partial charge in [-0.1, -0.05) is 0 Å². The molecule has 2 amide bonds. The highest BCUT2D eigenvalue weighted by Gasteiger charge is 2.20. The summed E-state index contributed by atoms with van der Waals surface area (Å²) >= 11 is 0. The number of carbonyl (C=O) groups excluding carboxylic acids is 1. The minimum absolute atomic E-state index is 0.102. The lowest BCUT2D eigenvalue weighted by Gasteiger charge is -2.27. The van der Waals surface area contributed by atoms with Crippen LogP contribution in [0.5, 0.6) is 5.75 Å². The van der Waals surface area contributed by atoms with Gasteiger partial charge in [0.25, 0.3) is 9.05 Å². The van der Waals surface area contributed by atoms with E-state index in [1.165, 1.54) is 18.2 Å². The lowest BCUT2D eigenvalue weighted by Crippen LogP contribution is -2.43. The van der Waals surface area contributed by atoms with Gasteiger partial charge in [0.15, 0.2) is 0 Å². The van der Waals surface area contributed by atoms with Crippen LogP contribution in [0.15, 0.2) is 23.1 Å². The molecule has 22 heavy (non-hydrogen) atoms. The average Bonchev–Trinajstić information content (AvgIpc) is 2.49. The van der Waals surface area contributed by atoms with Crippen molar-refractivity contribution in [3.05, 3.63) is 18.2 Å². The molecular formula is C13H17ClN2O5S. The summed E-state index contributed by atoms with van der Waals surface area (Å²) in [5.41, 5.74) is 0.264. The quantitative estimate of drug-likeness (QED) is 0.840. The van der Waals surface area contributed by atoms with E-state index in [1.807, 2.05) is 0 Å². The van der Waals surface area contributed by atoms with E-state index in [1.54, 1.807) is 11.8 Å². The molecule has 1 aromatic carbocycles. The topological polar surface area (TPSA) is 84.9 Å². The molecule has 1 saturated heterocycles. The number of morpholine rings is 1. The van der Waals surface area contributed by atoms with Gasteiger partial charge in [-0.25, -0.2) is 13.2 Å². The van der Waals surface area contributed by atoms with Gasteiger partial charge in [-0.2, -0.15) is 0 Å². The van der Waals surface area contributed by atoms with Crippen molar-refractivity contribution in [3.63, 3.8) is 0 Å². The monoisotopic (exact) mass is 348 g/mol. The highest BCUT2D eigenvalue weighted by atomic mass is 35.7. The maximum Gasteiger partial charge on any atom is 0.322 e. The second-order valence-corrected chi connectivity index (χ2v) is 7.12. The molecule has 0 aromatic heterocycles. The fourth-order valence-corrected chi connectivity index (χ4v) is 2.78. The number of halogens is 1. The maximum atomic E-state index is 12.2. The average molecular weight is 349 g/mol. The van der Waals surface area contributed by atoms with Gasteiger partial charge in [0.1, 0.15) is 5.75 Å². The summed E-state index contributed by atoms with van der Waals surface area (Å²) < 4.78 is 33.4. The number of nitrogens with zero attached hydrogens (tertiary/aromatic N) is 1. The highest BCUT2D eigenvalue weighted by Crippen LogP contribution is 2.29. The Bertz CT molecular complexity index is 644. The Kier molecular flexibility index (Phi) is 5.49. The van der Waals surface area contributed by atoms with Crippen LogP contribution in [0.4, 0.5) is 10.5 Å². The van der Waals surface area contributed by atoms with Crippen LogP contribution >= 0.6 is 10.7 Å². The third-order valence-corrected chi connectivity index (χ3v) is 4.42. The summed E-state index contributed by atoms with van der Waals surface area (Å²) in [4.78, 5) is 13.7. The van der Waals surface area contributed by atoms with Crippen LogP contribution in [0.2, 0.25) is 0 Å². The molecule has 1 aliphatic heterocycles. The van der Waals surface area contributed by atoms with Crippen LogP contribution in [0.1, 0.15) is 6.92 Å². The smallest absolute Gasteiger partial charge is 0.322 e. The molecule has 0 radical (unpaired) electrons. The van der Waals surface area contributed by atoms with Crippen molar-refractivity contribution in [1.82, 2.24) is 4.90 Å². The van der Waals surface area contributed by atoms with Gasteiger partial charge < -0.3 is 19.7 Å². The molecule has 7 nitrogen and oxygen atoms in total. The van der Waals surface area contributed by atoms with Gasteiger partial charge in [-0.15, -0.1) is 0 Å². The van der Waals surface area contributed by atoms with Crippen molar-refractivity contribution < 1.29 is 22.7 Å². The Morgan fingerprint density at radius 1 is 1.41 bits per heavy atom. The summed E-state index contributed by atoms with van der Waals surface area (Å²) in [5.74, 6) is 0.383. The summed E-state index contributed by atoms with van der Waals surface area (Å²) in [6, 6.07) is 3.74. The number of carbonyl (C=O) groups is 1. The van der Waals surface area contributed by atoms with Crippen molar-refractivity contribution in [2.75, 3.05) is 38.2 Å². The van der Waals surface area contributed by atoms with E-state index in [-0.39, 0.29) is 16.6 Å². The number of ether oxygens (including phenoxy) is 2. The number of hydrogen-bond donors (Lipinski definition) is 1. The number of amides is 2. The van der Waals surface area contributed by atoms with Gasteiger partial charge in [0.2, 0.25) is 0 Å². The van der Waals surface area contributed by atoms with Gasteiger partial charge in [-0.3, -0.25) is 0 Å². The third-order valence-electron chi connectivity index (χ3n) is 3.07. The van der Waals surface area contributed by atoms with E-state index < -0.39 is 9.05 Å². The van der Waals surface area contributed by atoms with Crippen molar-refractivity contribution in [3.8, 4) is 5.75 Å². The van der Waals surface area contributed by atoms with Crippen molar-refractivity contribution in [2.24, 2.45) is 0 Å². The minimum Gasteiger partial charge on any atom is -0.492 e. The number of urea groups is 1. The van der Waals surface area contributed by atoms with E-state index in [0.29, 0.717) is 38.7 Å². The number of nitrogens with one attached hydrogen (secondary N) is 1. The molecule has 0 aliphatic carbocycles. The number of hydrogen-bond acceptors (Lipinski definition) is 5. The maximum absolute atomic E-state index is 12.2. The standard InChI is InChI=1S/C13H17ClN2O5S/c1-2-21-12-4-3-10(22(14,18)19)9-11(12)15-13(17)16-5-7-20-8-6-16/h3-4,9H,2,5-8H2,1H3,(H,15,17). The zero-order chi connectivity index (χ0) is 16.2. The highest BCUT2D eigenvalue weighted by molar-refractivity contribution is 8.13. The number of anilines is 1. The summed E-state index contributed by atoms with van der Waals surface area (Å²) in [5, 5.41) is 2.66. The molecule has 122 valence electrons. The van der Waals surface area contributed by atoms with Crippen LogP contribution in [-0.2, 0) is 13.8 Å². The second-order valence-electron chi connectivity index (χ2n) is 4.56.